The number of cyclic esters (lactones) is 1. The maximum atomic E-state index is 12.2. The van der Waals surface area contributed by atoms with E-state index in [1.54, 1.807) is 54.6 Å². The van der Waals surface area contributed by atoms with Gasteiger partial charge in [0.15, 0.2) is 5.70 Å². The second-order valence-corrected chi connectivity index (χ2v) is 6.99. The fourth-order valence-corrected chi connectivity index (χ4v) is 3.07. The molecule has 32 heavy (non-hydrogen) atoms. The van der Waals surface area contributed by atoms with Crippen LogP contribution in [-0.2, 0) is 9.53 Å². The number of nitro benzene ring substituents is 1. The number of esters is 2. The minimum atomic E-state index is -0.718. The van der Waals surface area contributed by atoms with Gasteiger partial charge in [-0.05, 0) is 48.0 Å². The lowest BCUT2D eigenvalue weighted by Crippen LogP contribution is -2.08. The van der Waals surface area contributed by atoms with Crippen molar-refractivity contribution in [3.8, 4) is 5.75 Å². The average Bonchev–Trinajstić information content (AvgIpc) is 3.14. The van der Waals surface area contributed by atoms with Crippen LogP contribution in [0, 0.1) is 10.1 Å². The third-order valence-corrected chi connectivity index (χ3v) is 4.71. The van der Waals surface area contributed by atoms with Crippen LogP contribution in [0.5, 0.6) is 5.75 Å². The Bertz CT molecular complexity index is 1300. The number of rotatable bonds is 5. The van der Waals surface area contributed by atoms with E-state index < -0.39 is 16.9 Å². The summed E-state index contributed by atoms with van der Waals surface area (Å²) in [4.78, 5) is 39.1. The fourth-order valence-electron chi connectivity index (χ4n) is 2.88. The van der Waals surface area contributed by atoms with Crippen molar-refractivity contribution in [2.45, 2.75) is 0 Å². The predicted octanol–water partition coefficient (Wildman–Crippen LogP) is 4.81. The molecule has 0 amide bonds. The lowest BCUT2D eigenvalue weighted by Gasteiger charge is -2.05. The summed E-state index contributed by atoms with van der Waals surface area (Å²) >= 11 is 5.82. The zero-order valence-electron chi connectivity index (χ0n) is 16.2. The number of ether oxygens (including phenoxy) is 2. The molecular formula is C23H13ClN2O6. The van der Waals surface area contributed by atoms with E-state index in [9.17, 15) is 19.7 Å². The molecule has 3 aromatic carbocycles. The van der Waals surface area contributed by atoms with Crippen molar-refractivity contribution >= 4 is 41.2 Å². The number of carbonyl (C=O) groups excluding carboxylic acids is 2. The highest BCUT2D eigenvalue weighted by molar-refractivity contribution is 6.32. The topological polar surface area (TPSA) is 108 Å². The van der Waals surface area contributed by atoms with E-state index in [1.165, 1.54) is 24.3 Å². The Hall–Kier alpha value is -4.30. The van der Waals surface area contributed by atoms with Crippen LogP contribution in [-0.4, -0.2) is 22.8 Å². The van der Waals surface area contributed by atoms with E-state index >= 15 is 0 Å². The Balaban J connectivity index is 1.58. The smallest absolute Gasteiger partial charge is 0.363 e. The summed E-state index contributed by atoms with van der Waals surface area (Å²) in [6.07, 6.45) is 1.46. The van der Waals surface area contributed by atoms with E-state index in [2.05, 4.69) is 4.99 Å². The average molecular weight is 449 g/mol. The molecule has 4 rings (SSSR count). The van der Waals surface area contributed by atoms with Crippen molar-refractivity contribution in [1.29, 1.82) is 0 Å². The minimum Gasteiger partial charge on any atom is -0.423 e. The lowest BCUT2D eigenvalue weighted by atomic mass is 10.2. The van der Waals surface area contributed by atoms with Gasteiger partial charge in [-0.2, -0.15) is 0 Å². The summed E-state index contributed by atoms with van der Waals surface area (Å²) in [6.45, 7) is 0. The van der Waals surface area contributed by atoms with Crippen molar-refractivity contribution < 1.29 is 24.0 Å². The van der Waals surface area contributed by atoms with Gasteiger partial charge in [0.2, 0.25) is 5.90 Å². The first kappa shape index (κ1) is 21.0. The molecule has 0 unspecified atom stereocenters. The zero-order chi connectivity index (χ0) is 22.7. The first-order chi connectivity index (χ1) is 15.4. The largest absolute Gasteiger partial charge is 0.423 e. The van der Waals surface area contributed by atoms with Crippen molar-refractivity contribution in [2.24, 2.45) is 4.99 Å². The van der Waals surface area contributed by atoms with Gasteiger partial charge in [0, 0.05) is 11.6 Å². The summed E-state index contributed by atoms with van der Waals surface area (Å²) in [5.74, 6) is -1.02. The number of halogens is 1. The third-order valence-electron chi connectivity index (χ3n) is 4.39. The van der Waals surface area contributed by atoms with Gasteiger partial charge in [-0.3, -0.25) is 10.1 Å². The first-order valence-corrected chi connectivity index (χ1v) is 9.63. The van der Waals surface area contributed by atoms with Crippen molar-refractivity contribution in [1.82, 2.24) is 0 Å². The Labute approximate surface area is 186 Å². The van der Waals surface area contributed by atoms with Gasteiger partial charge >= 0.3 is 11.9 Å². The van der Waals surface area contributed by atoms with Gasteiger partial charge in [-0.1, -0.05) is 41.9 Å². The normalized spacial score (nSPS) is 14.1. The molecule has 0 aromatic heterocycles. The number of hydrogen-bond donors (Lipinski definition) is 0. The highest BCUT2D eigenvalue weighted by Crippen LogP contribution is 2.28. The van der Waals surface area contributed by atoms with E-state index in [0.717, 1.165) is 0 Å². The quantitative estimate of drug-likeness (QED) is 0.182. The number of aliphatic imine (C=N–C) groups is 1. The second-order valence-electron chi connectivity index (χ2n) is 6.59. The van der Waals surface area contributed by atoms with E-state index in [4.69, 9.17) is 21.1 Å². The number of nitro groups is 1. The minimum absolute atomic E-state index is 0.0101. The zero-order valence-corrected chi connectivity index (χ0v) is 17.0. The summed E-state index contributed by atoms with van der Waals surface area (Å²) in [5.41, 5.74) is 0.852. The molecule has 1 aliphatic heterocycles. The maximum absolute atomic E-state index is 12.2. The van der Waals surface area contributed by atoms with Gasteiger partial charge < -0.3 is 9.47 Å². The molecule has 0 fully saturated rings. The third kappa shape index (κ3) is 4.55. The number of nitrogens with zero attached hydrogens (tertiary/aromatic N) is 2. The Morgan fingerprint density at radius 3 is 2.59 bits per heavy atom. The molecule has 1 heterocycles. The fraction of sp³-hybridized carbons (Fsp3) is 0. The molecule has 0 N–H and O–H groups in total. The molecule has 0 saturated heterocycles. The van der Waals surface area contributed by atoms with Crippen LogP contribution in [0.1, 0.15) is 21.5 Å². The van der Waals surface area contributed by atoms with Crippen LogP contribution < -0.4 is 4.74 Å². The van der Waals surface area contributed by atoms with Crippen molar-refractivity contribution in [3.05, 3.63) is 110 Å². The van der Waals surface area contributed by atoms with Gasteiger partial charge in [0.25, 0.3) is 5.69 Å². The maximum Gasteiger partial charge on any atom is 0.363 e. The second kappa shape index (κ2) is 8.83. The SMILES string of the molecule is O=C1OC(c2ccc(Cl)c([N+](=O)[O-])c2)=N/C1=C\c1cccc(OC(=O)c2ccccc2)c1. The first-order valence-electron chi connectivity index (χ1n) is 9.25. The number of benzene rings is 3. The molecular weight excluding hydrogens is 436 g/mol. The van der Waals surface area contributed by atoms with E-state index in [-0.39, 0.29) is 33.6 Å². The molecule has 158 valence electrons. The van der Waals surface area contributed by atoms with Crippen LogP contribution >= 0.6 is 11.6 Å². The Kier molecular flexibility index (Phi) is 5.78. The predicted molar refractivity (Wildman–Crippen MR) is 117 cm³/mol. The molecule has 0 spiro atoms. The van der Waals surface area contributed by atoms with Crippen LogP contribution in [0.3, 0.4) is 0 Å². The van der Waals surface area contributed by atoms with Crippen LogP contribution in [0.4, 0.5) is 5.69 Å². The molecule has 9 heteroatoms. The van der Waals surface area contributed by atoms with E-state index in [0.29, 0.717) is 11.1 Å². The molecule has 0 atom stereocenters. The lowest BCUT2D eigenvalue weighted by molar-refractivity contribution is -0.384. The summed E-state index contributed by atoms with van der Waals surface area (Å²) in [6, 6.07) is 19.0. The molecule has 0 bridgehead atoms. The Morgan fingerprint density at radius 1 is 1.06 bits per heavy atom. The van der Waals surface area contributed by atoms with Crippen LogP contribution in [0.15, 0.2) is 83.5 Å². The summed E-state index contributed by atoms with van der Waals surface area (Å²) in [7, 11) is 0. The van der Waals surface area contributed by atoms with Gasteiger partial charge in [0.1, 0.15) is 10.8 Å². The highest BCUT2D eigenvalue weighted by atomic mass is 35.5. The van der Waals surface area contributed by atoms with Gasteiger partial charge in [0.05, 0.1) is 10.5 Å². The van der Waals surface area contributed by atoms with Crippen molar-refractivity contribution in [3.63, 3.8) is 0 Å². The monoisotopic (exact) mass is 448 g/mol. The molecule has 3 aromatic rings. The van der Waals surface area contributed by atoms with Crippen molar-refractivity contribution in [2.75, 3.05) is 0 Å². The molecule has 0 radical (unpaired) electrons. The number of carbonyl (C=O) groups is 2. The molecule has 0 saturated carbocycles. The van der Waals surface area contributed by atoms with Crippen LogP contribution in [0.2, 0.25) is 5.02 Å². The summed E-state index contributed by atoms with van der Waals surface area (Å²) in [5, 5.41) is 11.0. The highest BCUT2D eigenvalue weighted by Gasteiger charge is 2.26. The van der Waals surface area contributed by atoms with E-state index in [1.807, 2.05) is 0 Å². The molecule has 1 aliphatic rings. The molecule has 8 nitrogen and oxygen atoms in total. The Morgan fingerprint density at radius 2 is 1.84 bits per heavy atom. The van der Waals surface area contributed by atoms with Gasteiger partial charge in [-0.15, -0.1) is 0 Å². The summed E-state index contributed by atoms with van der Waals surface area (Å²) < 4.78 is 10.5. The van der Waals surface area contributed by atoms with Gasteiger partial charge in [-0.25, -0.2) is 14.6 Å². The number of hydrogen-bond acceptors (Lipinski definition) is 7. The van der Waals surface area contributed by atoms with Crippen LogP contribution in [0.25, 0.3) is 6.08 Å². The standard InChI is InChI=1S/C23H13ClN2O6/c24-18-10-9-16(13-20(18)26(29)30)21-25-19(23(28)32-21)12-14-5-4-8-17(11-14)31-22(27)15-6-2-1-3-7-15/h1-13H/b19-12-. The molecule has 0 aliphatic carbocycles.